The predicted octanol–water partition coefficient (Wildman–Crippen LogP) is 2.30. The van der Waals surface area contributed by atoms with E-state index in [0.29, 0.717) is 16.1 Å². The molecule has 2 N–H and O–H groups in total. The molecule has 0 heterocycles. The molecule has 0 saturated carbocycles. The lowest BCUT2D eigenvalue weighted by molar-refractivity contribution is 0.380. The molecule has 0 aliphatic carbocycles. The molecule has 0 bridgehead atoms. The van der Waals surface area contributed by atoms with Crippen molar-refractivity contribution in [2.24, 2.45) is 0 Å². The minimum absolute atomic E-state index is 0.0314. The molecule has 1 unspecified atom stereocenters. The van der Waals surface area contributed by atoms with Crippen LogP contribution in [0.5, 0.6) is 0 Å². The predicted molar refractivity (Wildman–Crippen MR) is 75.0 cm³/mol. The van der Waals surface area contributed by atoms with Crippen molar-refractivity contribution < 1.29 is 8.42 Å². The van der Waals surface area contributed by atoms with E-state index in [1.54, 1.807) is 26.1 Å². The zero-order valence-electron chi connectivity index (χ0n) is 11.7. The average molecular weight is 270 g/mol. The standard InChI is InChI=1S/C13H22N2O2S/c1-6-10(3)15(5)18(16,17)13-8-9(2)7-12(14)11(13)4/h7-8,10H,6,14H2,1-5H3. The summed E-state index contributed by atoms with van der Waals surface area (Å²) in [6.07, 6.45) is 0.774. The maximum atomic E-state index is 12.5. The van der Waals surface area contributed by atoms with Crippen molar-refractivity contribution in [1.29, 1.82) is 0 Å². The summed E-state index contributed by atoms with van der Waals surface area (Å²) in [5.41, 5.74) is 7.84. The quantitative estimate of drug-likeness (QED) is 0.854. The molecule has 0 fully saturated rings. The fourth-order valence-corrected chi connectivity index (χ4v) is 3.54. The second kappa shape index (κ2) is 5.28. The van der Waals surface area contributed by atoms with Crippen molar-refractivity contribution in [2.45, 2.75) is 45.1 Å². The Morgan fingerprint density at radius 1 is 1.33 bits per heavy atom. The van der Waals surface area contributed by atoms with E-state index in [9.17, 15) is 8.42 Å². The lowest BCUT2D eigenvalue weighted by Gasteiger charge is -2.24. The monoisotopic (exact) mass is 270 g/mol. The van der Waals surface area contributed by atoms with Gasteiger partial charge in [-0.2, -0.15) is 4.31 Å². The topological polar surface area (TPSA) is 63.4 Å². The number of nitrogen functional groups attached to an aromatic ring is 1. The van der Waals surface area contributed by atoms with Gasteiger partial charge in [-0.3, -0.25) is 0 Å². The SMILES string of the molecule is CCC(C)N(C)S(=O)(=O)c1cc(C)cc(N)c1C. The van der Waals surface area contributed by atoms with Gasteiger partial charge in [-0.15, -0.1) is 0 Å². The van der Waals surface area contributed by atoms with E-state index < -0.39 is 10.0 Å². The Balaban J connectivity index is 3.37. The van der Waals surface area contributed by atoms with Crippen molar-refractivity contribution in [1.82, 2.24) is 4.31 Å². The van der Waals surface area contributed by atoms with Gasteiger partial charge in [0.25, 0.3) is 0 Å². The molecule has 5 heteroatoms. The molecule has 0 aromatic heterocycles. The van der Waals surface area contributed by atoms with Gasteiger partial charge in [-0.05, 0) is 50.5 Å². The molecule has 102 valence electrons. The number of sulfonamides is 1. The number of rotatable bonds is 4. The third-order valence-electron chi connectivity index (χ3n) is 3.41. The largest absolute Gasteiger partial charge is 0.398 e. The highest BCUT2D eigenvalue weighted by atomic mass is 32.2. The summed E-state index contributed by atoms with van der Waals surface area (Å²) in [6, 6.07) is 3.44. The van der Waals surface area contributed by atoms with Crippen molar-refractivity contribution >= 4 is 15.7 Å². The first-order valence-corrected chi connectivity index (χ1v) is 7.50. The summed E-state index contributed by atoms with van der Waals surface area (Å²) < 4.78 is 26.5. The molecule has 1 atom stereocenters. The molecule has 0 radical (unpaired) electrons. The molecule has 4 nitrogen and oxygen atoms in total. The maximum Gasteiger partial charge on any atom is 0.243 e. The summed E-state index contributed by atoms with van der Waals surface area (Å²) in [5, 5.41) is 0. The van der Waals surface area contributed by atoms with Crippen LogP contribution in [0.15, 0.2) is 17.0 Å². The first-order valence-electron chi connectivity index (χ1n) is 6.06. The average Bonchev–Trinajstić information content (AvgIpc) is 2.31. The Labute approximate surface area is 110 Å². The van der Waals surface area contributed by atoms with Crippen LogP contribution in [-0.4, -0.2) is 25.8 Å². The third-order valence-corrected chi connectivity index (χ3v) is 5.51. The van der Waals surface area contributed by atoms with Crippen molar-refractivity contribution in [3.05, 3.63) is 23.3 Å². The number of hydrogen-bond acceptors (Lipinski definition) is 3. The summed E-state index contributed by atoms with van der Waals surface area (Å²) in [7, 11) is -1.86. The van der Waals surface area contributed by atoms with Crippen molar-refractivity contribution in [2.75, 3.05) is 12.8 Å². The molecule has 0 amide bonds. The molecule has 1 aromatic rings. The van der Waals surface area contributed by atoms with Crippen LogP contribution >= 0.6 is 0 Å². The summed E-state index contributed by atoms with van der Waals surface area (Å²) in [5.74, 6) is 0. The van der Waals surface area contributed by atoms with E-state index >= 15 is 0 Å². The second-order valence-corrected chi connectivity index (χ2v) is 6.72. The Kier molecular flexibility index (Phi) is 4.40. The molecule has 1 rings (SSSR count). The van der Waals surface area contributed by atoms with Gasteiger partial charge >= 0.3 is 0 Å². The van der Waals surface area contributed by atoms with Crippen LogP contribution in [0.25, 0.3) is 0 Å². The van der Waals surface area contributed by atoms with Gasteiger partial charge in [0.15, 0.2) is 0 Å². The van der Waals surface area contributed by atoms with Crippen molar-refractivity contribution in [3.63, 3.8) is 0 Å². The molecular weight excluding hydrogens is 248 g/mol. The molecule has 18 heavy (non-hydrogen) atoms. The van der Waals surface area contributed by atoms with Gasteiger partial charge in [-0.1, -0.05) is 6.92 Å². The van der Waals surface area contributed by atoms with E-state index in [-0.39, 0.29) is 6.04 Å². The van der Waals surface area contributed by atoms with Crippen LogP contribution < -0.4 is 5.73 Å². The van der Waals surface area contributed by atoms with E-state index in [1.807, 2.05) is 20.8 Å². The highest BCUT2D eigenvalue weighted by molar-refractivity contribution is 7.89. The van der Waals surface area contributed by atoms with Gasteiger partial charge in [0.1, 0.15) is 0 Å². The summed E-state index contributed by atoms with van der Waals surface area (Å²) >= 11 is 0. The maximum absolute atomic E-state index is 12.5. The van der Waals surface area contributed by atoms with Crippen LogP contribution in [-0.2, 0) is 10.0 Å². The minimum atomic E-state index is -3.47. The van der Waals surface area contributed by atoms with Gasteiger partial charge < -0.3 is 5.73 Å². The van der Waals surface area contributed by atoms with Gasteiger partial charge in [0.2, 0.25) is 10.0 Å². The lowest BCUT2D eigenvalue weighted by Crippen LogP contribution is -2.35. The van der Waals surface area contributed by atoms with E-state index in [4.69, 9.17) is 5.73 Å². The highest BCUT2D eigenvalue weighted by Crippen LogP contribution is 2.26. The van der Waals surface area contributed by atoms with Gasteiger partial charge in [0.05, 0.1) is 4.90 Å². The summed E-state index contributed by atoms with van der Waals surface area (Å²) in [6.45, 7) is 7.45. The molecule has 0 aliphatic rings. The first kappa shape index (κ1) is 15.0. The van der Waals surface area contributed by atoms with Crippen LogP contribution in [0.2, 0.25) is 0 Å². The number of nitrogens with zero attached hydrogens (tertiary/aromatic N) is 1. The molecule has 0 saturated heterocycles. The Hall–Kier alpha value is -1.07. The Bertz CT molecular complexity index is 538. The first-order chi connectivity index (χ1) is 8.21. The number of anilines is 1. The van der Waals surface area contributed by atoms with E-state index in [0.717, 1.165) is 12.0 Å². The molecule has 0 spiro atoms. The zero-order chi connectivity index (χ0) is 14.1. The molecular formula is C13H22N2O2S. The van der Waals surface area contributed by atoms with E-state index in [2.05, 4.69) is 0 Å². The fourth-order valence-electron chi connectivity index (χ4n) is 1.77. The van der Waals surface area contributed by atoms with Gasteiger partial charge in [-0.25, -0.2) is 8.42 Å². The van der Waals surface area contributed by atoms with Crippen LogP contribution in [0.3, 0.4) is 0 Å². The number of aryl methyl sites for hydroxylation is 1. The van der Waals surface area contributed by atoms with Crippen LogP contribution in [0.1, 0.15) is 31.4 Å². The molecule has 1 aromatic carbocycles. The Morgan fingerprint density at radius 3 is 2.39 bits per heavy atom. The second-order valence-electron chi connectivity index (χ2n) is 4.76. The zero-order valence-corrected chi connectivity index (χ0v) is 12.5. The smallest absolute Gasteiger partial charge is 0.243 e. The fraction of sp³-hybridized carbons (Fsp3) is 0.538. The van der Waals surface area contributed by atoms with Crippen LogP contribution in [0, 0.1) is 13.8 Å². The van der Waals surface area contributed by atoms with Gasteiger partial charge in [0, 0.05) is 18.8 Å². The summed E-state index contributed by atoms with van der Waals surface area (Å²) in [4.78, 5) is 0.308. The van der Waals surface area contributed by atoms with Crippen molar-refractivity contribution in [3.8, 4) is 0 Å². The number of benzene rings is 1. The number of hydrogen-bond donors (Lipinski definition) is 1. The van der Waals surface area contributed by atoms with E-state index in [1.165, 1.54) is 4.31 Å². The lowest BCUT2D eigenvalue weighted by atomic mass is 10.1. The third kappa shape index (κ3) is 2.67. The minimum Gasteiger partial charge on any atom is -0.398 e. The molecule has 0 aliphatic heterocycles. The Morgan fingerprint density at radius 2 is 1.89 bits per heavy atom. The van der Waals surface area contributed by atoms with Crippen LogP contribution in [0.4, 0.5) is 5.69 Å². The normalized spacial score (nSPS) is 13.9. The highest BCUT2D eigenvalue weighted by Gasteiger charge is 2.26. The number of nitrogens with two attached hydrogens (primary N) is 1.